The SMILES string of the molecule is CN=C(NCCCc1nnc2n1CCCCC2)NC1CC2(CCCC2)Oc2ccccc21. The molecule has 1 unspecified atom stereocenters. The largest absolute Gasteiger partial charge is 0.487 e. The highest BCUT2D eigenvalue weighted by atomic mass is 16.5. The Balaban J connectivity index is 1.18. The van der Waals surface area contributed by atoms with E-state index in [1.165, 1.54) is 43.5 Å². The molecule has 0 amide bonds. The van der Waals surface area contributed by atoms with Gasteiger partial charge in [0.05, 0.1) is 6.04 Å². The van der Waals surface area contributed by atoms with E-state index in [0.29, 0.717) is 0 Å². The van der Waals surface area contributed by atoms with E-state index in [1.54, 1.807) is 0 Å². The number of hydrogen-bond donors (Lipinski definition) is 2. The Morgan fingerprint density at radius 3 is 2.91 bits per heavy atom. The standard InChI is InChI=1S/C25H36N6O/c1-26-24(27-16-9-13-23-30-29-22-12-3-2-8-17-31(22)23)28-20-18-25(14-6-7-15-25)32-21-11-5-4-10-19(20)21/h4-5,10-11,20H,2-3,6-9,12-18H2,1H3,(H2,26,27,28). The van der Waals surface area contributed by atoms with Crippen molar-refractivity contribution in [3.8, 4) is 5.75 Å². The Bertz CT molecular complexity index is 946. The minimum absolute atomic E-state index is 0.0175. The maximum Gasteiger partial charge on any atom is 0.191 e. The number of nitrogens with zero attached hydrogens (tertiary/aromatic N) is 4. The first-order chi connectivity index (χ1) is 15.8. The monoisotopic (exact) mass is 436 g/mol. The third-order valence-corrected chi connectivity index (χ3v) is 7.30. The van der Waals surface area contributed by atoms with Crippen molar-refractivity contribution in [2.45, 2.75) is 88.8 Å². The van der Waals surface area contributed by atoms with Crippen LogP contribution in [-0.2, 0) is 19.4 Å². The first-order valence-corrected chi connectivity index (χ1v) is 12.4. The molecule has 7 heteroatoms. The molecule has 1 spiro atoms. The van der Waals surface area contributed by atoms with Crippen molar-refractivity contribution < 1.29 is 4.74 Å². The van der Waals surface area contributed by atoms with Gasteiger partial charge in [0.2, 0.25) is 0 Å². The van der Waals surface area contributed by atoms with Gasteiger partial charge in [0.25, 0.3) is 0 Å². The number of rotatable bonds is 5. The summed E-state index contributed by atoms with van der Waals surface area (Å²) in [7, 11) is 1.85. The Morgan fingerprint density at radius 1 is 1.16 bits per heavy atom. The first-order valence-electron chi connectivity index (χ1n) is 12.4. The fourth-order valence-corrected chi connectivity index (χ4v) is 5.62. The van der Waals surface area contributed by atoms with E-state index < -0.39 is 0 Å². The van der Waals surface area contributed by atoms with E-state index >= 15 is 0 Å². The second kappa shape index (κ2) is 9.51. The Morgan fingerprint density at radius 2 is 2.03 bits per heavy atom. The second-order valence-electron chi connectivity index (χ2n) is 9.53. The number of ether oxygens (including phenoxy) is 1. The van der Waals surface area contributed by atoms with E-state index in [4.69, 9.17) is 4.74 Å². The summed E-state index contributed by atoms with van der Waals surface area (Å²) in [6.45, 7) is 1.93. The van der Waals surface area contributed by atoms with Gasteiger partial charge >= 0.3 is 0 Å². The van der Waals surface area contributed by atoms with E-state index in [9.17, 15) is 0 Å². The molecule has 1 atom stereocenters. The molecule has 1 fully saturated rings. The number of benzene rings is 1. The summed E-state index contributed by atoms with van der Waals surface area (Å²) in [5.41, 5.74) is 1.22. The molecule has 172 valence electrons. The normalized spacial score (nSPS) is 22.0. The second-order valence-corrected chi connectivity index (χ2v) is 9.53. The molecule has 32 heavy (non-hydrogen) atoms. The zero-order chi connectivity index (χ0) is 21.8. The molecule has 3 heterocycles. The van der Waals surface area contributed by atoms with Crippen molar-refractivity contribution in [2.75, 3.05) is 13.6 Å². The minimum Gasteiger partial charge on any atom is -0.487 e. The fraction of sp³-hybridized carbons (Fsp3) is 0.640. The Kier molecular flexibility index (Phi) is 6.32. The number of aliphatic imine (C=N–C) groups is 1. The quantitative estimate of drug-likeness (QED) is 0.422. The predicted molar refractivity (Wildman–Crippen MR) is 126 cm³/mol. The van der Waals surface area contributed by atoms with Crippen molar-refractivity contribution in [3.05, 3.63) is 41.5 Å². The van der Waals surface area contributed by atoms with Gasteiger partial charge in [0.15, 0.2) is 5.96 Å². The van der Waals surface area contributed by atoms with Crippen LogP contribution < -0.4 is 15.4 Å². The molecule has 0 bridgehead atoms. The third kappa shape index (κ3) is 4.48. The van der Waals surface area contributed by atoms with Crippen molar-refractivity contribution in [1.29, 1.82) is 0 Å². The van der Waals surface area contributed by atoms with E-state index in [2.05, 4.69) is 54.7 Å². The summed E-state index contributed by atoms with van der Waals surface area (Å²) in [6.07, 6.45) is 12.6. The summed E-state index contributed by atoms with van der Waals surface area (Å²) >= 11 is 0. The number of hydrogen-bond acceptors (Lipinski definition) is 4. The lowest BCUT2D eigenvalue weighted by Gasteiger charge is -2.40. The molecule has 1 aromatic heterocycles. The topological polar surface area (TPSA) is 76.4 Å². The van der Waals surface area contributed by atoms with Crippen LogP contribution in [0.4, 0.5) is 0 Å². The van der Waals surface area contributed by atoms with Crippen LogP contribution in [0.3, 0.4) is 0 Å². The molecule has 0 radical (unpaired) electrons. The van der Waals surface area contributed by atoms with Gasteiger partial charge < -0.3 is 19.9 Å². The highest BCUT2D eigenvalue weighted by molar-refractivity contribution is 5.80. The van der Waals surface area contributed by atoms with Gasteiger partial charge in [-0.15, -0.1) is 10.2 Å². The van der Waals surface area contributed by atoms with Crippen molar-refractivity contribution in [3.63, 3.8) is 0 Å². The number of guanidine groups is 1. The summed E-state index contributed by atoms with van der Waals surface area (Å²) < 4.78 is 8.85. The molecule has 3 aliphatic rings. The molecule has 1 aliphatic carbocycles. The van der Waals surface area contributed by atoms with Crippen molar-refractivity contribution in [1.82, 2.24) is 25.4 Å². The van der Waals surface area contributed by atoms with Crippen LogP contribution in [0, 0.1) is 0 Å². The minimum atomic E-state index is -0.0175. The van der Waals surface area contributed by atoms with Crippen LogP contribution in [0.2, 0.25) is 0 Å². The van der Waals surface area contributed by atoms with Gasteiger partial charge in [-0.3, -0.25) is 4.99 Å². The predicted octanol–water partition coefficient (Wildman–Crippen LogP) is 3.94. The van der Waals surface area contributed by atoms with Crippen molar-refractivity contribution >= 4 is 5.96 Å². The molecule has 2 N–H and O–H groups in total. The number of para-hydroxylation sites is 1. The van der Waals surface area contributed by atoms with Gasteiger partial charge in [-0.05, 0) is 51.0 Å². The van der Waals surface area contributed by atoms with Crippen LogP contribution in [0.25, 0.3) is 0 Å². The summed E-state index contributed by atoms with van der Waals surface area (Å²) in [5.74, 6) is 4.19. The lowest BCUT2D eigenvalue weighted by Crippen LogP contribution is -2.46. The molecule has 1 aromatic carbocycles. The Hall–Kier alpha value is -2.57. The molecule has 2 aromatic rings. The highest BCUT2D eigenvalue weighted by Crippen LogP contribution is 2.46. The van der Waals surface area contributed by atoms with Crippen LogP contribution in [0.5, 0.6) is 5.75 Å². The molecular formula is C25H36N6O. The van der Waals surface area contributed by atoms with E-state index in [0.717, 1.165) is 69.1 Å². The first kappa shape index (κ1) is 21.3. The number of nitrogens with one attached hydrogen (secondary N) is 2. The lowest BCUT2D eigenvalue weighted by atomic mass is 9.86. The fourth-order valence-electron chi connectivity index (χ4n) is 5.62. The molecule has 2 aliphatic heterocycles. The summed E-state index contributed by atoms with van der Waals surface area (Å²) in [6, 6.07) is 8.68. The van der Waals surface area contributed by atoms with Gasteiger partial charge in [-0.2, -0.15) is 0 Å². The van der Waals surface area contributed by atoms with Gasteiger partial charge in [0.1, 0.15) is 23.0 Å². The van der Waals surface area contributed by atoms with Gasteiger partial charge in [-0.25, -0.2) is 0 Å². The number of aryl methyl sites for hydroxylation is 2. The van der Waals surface area contributed by atoms with Crippen molar-refractivity contribution in [2.24, 2.45) is 4.99 Å². The highest BCUT2D eigenvalue weighted by Gasteiger charge is 2.43. The average molecular weight is 437 g/mol. The van der Waals surface area contributed by atoms with Gasteiger partial charge in [0, 0.05) is 45.0 Å². The molecule has 7 nitrogen and oxygen atoms in total. The smallest absolute Gasteiger partial charge is 0.191 e. The maximum atomic E-state index is 6.50. The molecular weight excluding hydrogens is 400 g/mol. The lowest BCUT2D eigenvalue weighted by molar-refractivity contribution is 0.0396. The van der Waals surface area contributed by atoms with Crippen LogP contribution >= 0.6 is 0 Å². The molecule has 1 saturated carbocycles. The number of aromatic nitrogens is 3. The van der Waals surface area contributed by atoms with E-state index in [-0.39, 0.29) is 11.6 Å². The zero-order valence-electron chi connectivity index (χ0n) is 19.3. The average Bonchev–Trinajstić information content (AvgIpc) is 3.34. The van der Waals surface area contributed by atoms with Crippen LogP contribution in [-0.4, -0.2) is 39.9 Å². The van der Waals surface area contributed by atoms with Crippen LogP contribution in [0.15, 0.2) is 29.3 Å². The van der Waals surface area contributed by atoms with E-state index in [1.807, 2.05) is 7.05 Å². The molecule has 5 rings (SSSR count). The van der Waals surface area contributed by atoms with Gasteiger partial charge in [-0.1, -0.05) is 24.6 Å². The van der Waals surface area contributed by atoms with Crippen LogP contribution in [0.1, 0.15) is 81.0 Å². The zero-order valence-corrected chi connectivity index (χ0v) is 19.3. The number of fused-ring (bicyclic) bond motifs is 2. The molecule has 0 saturated heterocycles. The maximum absolute atomic E-state index is 6.50. The summed E-state index contributed by atoms with van der Waals surface area (Å²) in [4.78, 5) is 4.51. The third-order valence-electron chi connectivity index (χ3n) is 7.30. The summed E-state index contributed by atoms with van der Waals surface area (Å²) in [5, 5.41) is 16.1. The Labute approximate surface area is 191 Å².